The Morgan fingerprint density at radius 3 is 0.900 bits per heavy atom. The van der Waals surface area contributed by atoms with Gasteiger partial charge < -0.3 is 52.6 Å². The van der Waals surface area contributed by atoms with E-state index in [1.165, 1.54) is 0 Å². The first-order valence-corrected chi connectivity index (χ1v) is 4.15. The van der Waals surface area contributed by atoms with Gasteiger partial charge in [0, 0.05) is 0 Å². The van der Waals surface area contributed by atoms with Crippen molar-refractivity contribution in [3.8, 4) is 0 Å². The van der Waals surface area contributed by atoms with Crippen LogP contribution in [-0.4, -0.2) is 75.0 Å². The summed E-state index contributed by atoms with van der Waals surface area (Å²) in [6, 6.07) is 0. The lowest BCUT2D eigenvalue weighted by atomic mass is 10.4. The Morgan fingerprint density at radius 2 is 0.900 bits per heavy atom. The van der Waals surface area contributed by atoms with Crippen molar-refractivity contribution in [1.82, 2.24) is 0 Å². The van der Waals surface area contributed by atoms with Crippen molar-refractivity contribution < 1.29 is 49.8 Å². The fourth-order valence-corrected chi connectivity index (χ4v) is 0.0577. The Labute approximate surface area is 112 Å². The highest BCUT2D eigenvalue weighted by Crippen LogP contribution is 1.71. The summed E-state index contributed by atoms with van der Waals surface area (Å²) in [7, 11) is 0. The highest BCUT2D eigenvalue weighted by Gasteiger charge is 1.93. The summed E-state index contributed by atoms with van der Waals surface area (Å²) < 4.78 is 0. The van der Waals surface area contributed by atoms with Gasteiger partial charge in [-0.3, -0.25) is 0 Å². The molecule has 0 bridgehead atoms. The zero-order chi connectivity index (χ0) is 17.7. The summed E-state index contributed by atoms with van der Waals surface area (Å²) >= 11 is 0. The number of hydrogen-bond donors (Lipinski definition) is 9. The monoisotopic (exact) mass is 305 g/mol. The topological polar surface area (TPSA) is 268 Å². The first-order chi connectivity index (χ1) is 9.00. The number of carbonyl (C=O) groups excluding carboxylic acids is 1. The van der Waals surface area contributed by atoms with Gasteiger partial charge in [0.25, 0.3) is 0 Å². The average molecular weight is 305 g/mol. The summed E-state index contributed by atoms with van der Waals surface area (Å²) in [6.45, 7) is 1.27. The number of aliphatic hydroxyl groups is 3. The van der Waals surface area contributed by atoms with Gasteiger partial charge in [-0.2, -0.15) is 0 Å². The molecule has 0 unspecified atom stereocenters. The predicted octanol–water partition coefficient (Wildman–Crippen LogP) is -2.98. The third-order valence-electron chi connectivity index (χ3n) is 0.421. The van der Waals surface area contributed by atoms with Crippen molar-refractivity contribution in [2.24, 2.45) is 17.2 Å². The normalized spacial score (nSPS) is 6.80. The van der Waals surface area contributed by atoms with Gasteiger partial charge in [-0.05, 0) is 0 Å². The molecular weight excluding hydrogens is 286 g/mol. The molecule has 0 spiro atoms. The number of amides is 3. The van der Waals surface area contributed by atoms with E-state index < -0.39 is 24.4 Å². The van der Waals surface area contributed by atoms with Gasteiger partial charge in [0.1, 0.15) is 12.9 Å². The number of aliphatic hydroxyl groups excluding tert-OH is 3. The van der Waals surface area contributed by atoms with Crippen LogP contribution >= 0.6 is 0 Å². The van der Waals surface area contributed by atoms with Crippen LogP contribution in [0.15, 0.2) is 0 Å². The van der Waals surface area contributed by atoms with Crippen LogP contribution in [-0.2, 0) is 4.79 Å². The van der Waals surface area contributed by atoms with Gasteiger partial charge in [0.05, 0.1) is 13.2 Å². The number of carbonyl (C=O) groups is 4. The average Bonchev–Trinajstić information content (AvgIpc) is 2.28. The van der Waals surface area contributed by atoms with Crippen molar-refractivity contribution in [3.63, 3.8) is 0 Å². The summed E-state index contributed by atoms with van der Waals surface area (Å²) in [6.07, 6.45) is -4.95. The van der Waals surface area contributed by atoms with Crippen LogP contribution < -0.4 is 17.2 Å². The maximum Gasteiger partial charge on any atom is 0.402 e. The molecule has 122 valence electrons. The number of rotatable bonds is 2. The molecule has 0 aliphatic heterocycles. The minimum atomic E-state index is -1.33. The maximum absolute atomic E-state index is 8.78. The smallest absolute Gasteiger partial charge is 0.402 e. The van der Waals surface area contributed by atoms with Gasteiger partial charge in [-0.1, -0.05) is 0 Å². The quantitative estimate of drug-likeness (QED) is 0.249. The van der Waals surface area contributed by atoms with Crippen LogP contribution in [0, 0.1) is 0 Å². The minimum absolute atomic E-state index is 0.365. The second-order valence-electron chi connectivity index (χ2n) is 2.03. The first kappa shape index (κ1) is 30.4. The van der Waals surface area contributed by atoms with E-state index in [4.69, 9.17) is 49.8 Å². The molecule has 0 heterocycles. The van der Waals surface area contributed by atoms with Gasteiger partial charge in [0.15, 0.2) is 0 Å². The van der Waals surface area contributed by atoms with Crippen LogP contribution in [0.5, 0.6) is 0 Å². The Morgan fingerprint density at radius 1 is 0.800 bits per heavy atom. The summed E-state index contributed by atoms with van der Waals surface area (Å²) in [5.41, 5.74) is 12.1. The van der Waals surface area contributed by atoms with Crippen LogP contribution in [0.2, 0.25) is 0 Å². The van der Waals surface area contributed by atoms with Crippen molar-refractivity contribution in [2.45, 2.75) is 6.10 Å². The molecule has 0 rings (SSSR count). The van der Waals surface area contributed by atoms with Gasteiger partial charge in [-0.15, -0.1) is 0 Å². The largest absolute Gasteiger partial charge is 0.465 e. The zero-order valence-corrected chi connectivity index (χ0v) is 10.2. The van der Waals surface area contributed by atoms with E-state index in [1.54, 1.807) is 0 Å². The lowest BCUT2D eigenvalue weighted by Gasteiger charge is -1.96. The standard InChI is InChI=1S/C3H8O3.3CH3NO2.CH2O/c4-1-3(6)2-5;3*2-1(3)4;1-2/h3-6H,1-2H2;3*2H2,(H,3,4);1H2. The van der Waals surface area contributed by atoms with E-state index in [-0.39, 0.29) is 13.2 Å². The molecule has 0 fully saturated rings. The molecular formula is C7H19N3O10. The van der Waals surface area contributed by atoms with Crippen molar-refractivity contribution >= 4 is 25.1 Å². The van der Waals surface area contributed by atoms with Crippen LogP contribution in [0.25, 0.3) is 0 Å². The highest BCUT2D eigenvalue weighted by atomic mass is 16.4. The molecule has 0 aromatic rings. The third kappa shape index (κ3) is 1710. The van der Waals surface area contributed by atoms with Crippen LogP contribution in [0.4, 0.5) is 14.4 Å². The Balaban J connectivity index is -0.0000000488. The Kier molecular flexibility index (Phi) is 45.5. The second-order valence-corrected chi connectivity index (χ2v) is 2.03. The maximum atomic E-state index is 8.78. The summed E-state index contributed by atoms with van der Waals surface area (Å²) in [4.78, 5) is 34.3. The number of primary amides is 3. The molecule has 12 N–H and O–H groups in total. The SMILES string of the molecule is C=O.NC(=O)O.NC(=O)O.NC(=O)O.OCC(O)CO. The Bertz CT molecular complexity index is 192. The third-order valence-corrected chi connectivity index (χ3v) is 0.421. The first-order valence-electron chi connectivity index (χ1n) is 4.15. The van der Waals surface area contributed by atoms with E-state index >= 15 is 0 Å². The molecule has 0 aliphatic rings. The van der Waals surface area contributed by atoms with E-state index in [1.807, 2.05) is 6.79 Å². The van der Waals surface area contributed by atoms with Crippen LogP contribution in [0.1, 0.15) is 0 Å². The van der Waals surface area contributed by atoms with Gasteiger partial charge >= 0.3 is 18.3 Å². The van der Waals surface area contributed by atoms with Crippen LogP contribution in [0.3, 0.4) is 0 Å². The lowest BCUT2D eigenvalue weighted by molar-refractivity contribution is -0.0980. The number of hydrogen-bond acceptors (Lipinski definition) is 7. The molecule has 3 amide bonds. The number of nitrogens with two attached hydrogens (primary N) is 3. The molecule has 0 saturated heterocycles. The van der Waals surface area contributed by atoms with E-state index in [0.29, 0.717) is 0 Å². The molecule has 13 nitrogen and oxygen atoms in total. The lowest BCUT2D eigenvalue weighted by Crippen LogP contribution is -2.15. The molecule has 0 saturated carbocycles. The fraction of sp³-hybridized carbons (Fsp3) is 0.429. The van der Waals surface area contributed by atoms with E-state index in [0.717, 1.165) is 0 Å². The fourth-order valence-electron chi connectivity index (χ4n) is 0.0577. The van der Waals surface area contributed by atoms with E-state index in [9.17, 15) is 0 Å². The molecule has 13 heteroatoms. The molecule has 0 atom stereocenters. The number of carboxylic acid groups (broad SMARTS) is 3. The molecule has 0 radical (unpaired) electrons. The second kappa shape index (κ2) is 29.9. The van der Waals surface area contributed by atoms with E-state index in [2.05, 4.69) is 17.2 Å². The zero-order valence-electron chi connectivity index (χ0n) is 10.2. The van der Waals surface area contributed by atoms with Crippen molar-refractivity contribution in [3.05, 3.63) is 0 Å². The minimum Gasteiger partial charge on any atom is -0.465 e. The van der Waals surface area contributed by atoms with Gasteiger partial charge in [0.2, 0.25) is 0 Å². The summed E-state index contributed by atoms with van der Waals surface area (Å²) in [5.74, 6) is 0. The molecule has 0 aliphatic carbocycles. The van der Waals surface area contributed by atoms with Crippen molar-refractivity contribution in [2.75, 3.05) is 13.2 Å². The Hall–Kier alpha value is -2.64. The van der Waals surface area contributed by atoms with Crippen molar-refractivity contribution in [1.29, 1.82) is 0 Å². The molecule has 0 aromatic heterocycles. The summed E-state index contributed by atoms with van der Waals surface area (Å²) in [5, 5.41) is 45.6. The van der Waals surface area contributed by atoms with Gasteiger partial charge in [-0.25, -0.2) is 14.4 Å². The predicted molar refractivity (Wildman–Crippen MR) is 63.9 cm³/mol. The molecule has 20 heavy (non-hydrogen) atoms. The highest BCUT2D eigenvalue weighted by molar-refractivity contribution is 5.62. The molecule has 0 aromatic carbocycles.